The van der Waals surface area contributed by atoms with Gasteiger partial charge < -0.3 is 5.32 Å². The molecular weight excluding hydrogens is 242 g/mol. The Morgan fingerprint density at radius 1 is 1.57 bits per heavy atom. The molecule has 2 nitrogen and oxygen atoms in total. The first-order valence-electron chi connectivity index (χ1n) is 4.68. The van der Waals surface area contributed by atoms with E-state index in [2.05, 4.69) is 21.2 Å². The molecule has 1 rings (SSSR count). The molecule has 76 valence electrons. The maximum absolute atomic E-state index is 11.2. The summed E-state index contributed by atoms with van der Waals surface area (Å²) in [6, 6.07) is 8.03. The van der Waals surface area contributed by atoms with E-state index in [0.717, 1.165) is 10.0 Å². The quantitative estimate of drug-likeness (QED) is 0.884. The van der Waals surface area contributed by atoms with E-state index in [4.69, 9.17) is 0 Å². The van der Waals surface area contributed by atoms with Gasteiger partial charge in [-0.05, 0) is 24.6 Å². The van der Waals surface area contributed by atoms with Gasteiger partial charge in [0.25, 0.3) is 0 Å². The first-order valence-corrected chi connectivity index (χ1v) is 5.47. The van der Waals surface area contributed by atoms with Gasteiger partial charge in [0, 0.05) is 10.9 Å². The van der Waals surface area contributed by atoms with Gasteiger partial charge in [0.05, 0.1) is 6.04 Å². The second kappa shape index (κ2) is 5.15. The van der Waals surface area contributed by atoms with Gasteiger partial charge in [-0.1, -0.05) is 35.0 Å². The van der Waals surface area contributed by atoms with Gasteiger partial charge in [-0.25, -0.2) is 0 Å². The van der Waals surface area contributed by atoms with E-state index < -0.39 is 0 Å². The molecule has 0 spiro atoms. The second-order valence-electron chi connectivity index (χ2n) is 3.20. The number of hydrogen-bond donors (Lipinski definition) is 1. The molecule has 0 saturated carbocycles. The van der Waals surface area contributed by atoms with Crippen molar-refractivity contribution in [1.82, 2.24) is 5.32 Å². The van der Waals surface area contributed by atoms with E-state index in [1.165, 1.54) is 0 Å². The Balaban J connectivity index is 2.69. The highest BCUT2D eigenvalue weighted by atomic mass is 79.9. The molecule has 1 aromatic carbocycles. The Bertz CT molecular complexity index is 325. The Kier molecular flexibility index (Phi) is 4.14. The highest BCUT2D eigenvalue weighted by Gasteiger charge is 2.07. The van der Waals surface area contributed by atoms with E-state index in [9.17, 15) is 4.79 Å². The third kappa shape index (κ3) is 3.14. The topological polar surface area (TPSA) is 29.1 Å². The molecule has 0 aromatic heterocycles. The van der Waals surface area contributed by atoms with Crippen LogP contribution in [0.2, 0.25) is 0 Å². The summed E-state index contributed by atoms with van der Waals surface area (Å²) in [5.74, 6) is 0.0810. The van der Waals surface area contributed by atoms with Crippen LogP contribution in [-0.2, 0) is 4.79 Å². The fourth-order valence-electron chi connectivity index (χ4n) is 1.20. The zero-order valence-electron chi connectivity index (χ0n) is 8.38. The normalized spacial score (nSPS) is 12.2. The molecule has 0 unspecified atom stereocenters. The van der Waals surface area contributed by atoms with Crippen LogP contribution in [0.15, 0.2) is 28.7 Å². The molecule has 0 aliphatic heterocycles. The molecule has 0 aliphatic carbocycles. The SMILES string of the molecule is CCC(=O)N[C@H](C)c1cccc(Br)c1. The van der Waals surface area contributed by atoms with Crippen molar-refractivity contribution < 1.29 is 4.79 Å². The average Bonchev–Trinajstić information content (AvgIpc) is 2.17. The minimum absolute atomic E-state index is 0.0694. The van der Waals surface area contributed by atoms with Crippen LogP contribution in [0.3, 0.4) is 0 Å². The smallest absolute Gasteiger partial charge is 0.220 e. The largest absolute Gasteiger partial charge is 0.350 e. The summed E-state index contributed by atoms with van der Waals surface area (Å²) < 4.78 is 1.03. The number of rotatable bonds is 3. The monoisotopic (exact) mass is 255 g/mol. The molecule has 0 fully saturated rings. The van der Waals surface area contributed by atoms with Crippen molar-refractivity contribution >= 4 is 21.8 Å². The Morgan fingerprint density at radius 3 is 2.86 bits per heavy atom. The summed E-state index contributed by atoms with van der Waals surface area (Å²) in [4.78, 5) is 11.2. The lowest BCUT2D eigenvalue weighted by molar-refractivity contribution is -0.121. The lowest BCUT2D eigenvalue weighted by Gasteiger charge is -2.13. The van der Waals surface area contributed by atoms with Gasteiger partial charge in [-0.15, -0.1) is 0 Å². The van der Waals surface area contributed by atoms with E-state index in [1.54, 1.807) is 0 Å². The first-order chi connectivity index (χ1) is 6.63. The van der Waals surface area contributed by atoms with Crippen LogP contribution in [0.5, 0.6) is 0 Å². The maximum Gasteiger partial charge on any atom is 0.220 e. The molecule has 0 heterocycles. The number of amides is 1. The third-order valence-corrected chi connectivity index (χ3v) is 2.54. The molecule has 1 N–H and O–H groups in total. The average molecular weight is 256 g/mol. The van der Waals surface area contributed by atoms with Gasteiger partial charge in [0.1, 0.15) is 0 Å². The fraction of sp³-hybridized carbons (Fsp3) is 0.364. The summed E-state index contributed by atoms with van der Waals surface area (Å²) in [5, 5.41) is 2.91. The lowest BCUT2D eigenvalue weighted by Crippen LogP contribution is -2.25. The molecule has 0 aliphatic rings. The van der Waals surface area contributed by atoms with Crippen molar-refractivity contribution in [2.75, 3.05) is 0 Å². The highest BCUT2D eigenvalue weighted by molar-refractivity contribution is 9.10. The number of hydrogen-bond acceptors (Lipinski definition) is 1. The fourth-order valence-corrected chi connectivity index (χ4v) is 1.62. The van der Waals surface area contributed by atoms with Crippen molar-refractivity contribution in [1.29, 1.82) is 0 Å². The van der Waals surface area contributed by atoms with Crippen LogP contribution in [-0.4, -0.2) is 5.91 Å². The Morgan fingerprint density at radius 2 is 2.29 bits per heavy atom. The number of nitrogens with one attached hydrogen (secondary N) is 1. The molecule has 0 saturated heterocycles. The van der Waals surface area contributed by atoms with E-state index in [-0.39, 0.29) is 11.9 Å². The van der Waals surface area contributed by atoms with Crippen LogP contribution < -0.4 is 5.32 Å². The number of carbonyl (C=O) groups excluding carboxylic acids is 1. The number of benzene rings is 1. The van der Waals surface area contributed by atoms with Crippen molar-refractivity contribution in [3.8, 4) is 0 Å². The number of carbonyl (C=O) groups is 1. The van der Waals surface area contributed by atoms with Crippen molar-refractivity contribution in [3.05, 3.63) is 34.3 Å². The first kappa shape index (κ1) is 11.2. The van der Waals surface area contributed by atoms with Gasteiger partial charge in [0.15, 0.2) is 0 Å². The van der Waals surface area contributed by atoms with Crippen LogP contribution in [0.4, 0.5) is 0 Å². The molecule has 1 aromatic rings. The van der Waals surface area contributed by atoms with Gasteiger partial charge >= 0.3 is 0 Å². The minimum atomic E-state index is 0.0694. The maximum atomic E-state index is 11.2. The summed E-state index contributed by atoms with van der Waals surface area (Å²) in [7, 11) is 0. The van der Waals surface area contributed by atoms with E-state index in [1.807, 2.05) is 38.1 Å². The lowest BCUT2D eigenvalue weighted by atomic mass is 10.1. The summed E-state index contributed by atoms with van der Waals surface area (Å²) in [5.41, 5.74) is 1.11. The Labute approximate surface area is 92.8 Å². The summed E-state index contributed by atoms with van der Waals surface area (Å²) in [6.45, 7) is 3.83. The van der Waals surface area contributed by atoms with Crippen molar-refractivity contribution in [2.45, 2.75) is 26.3 Å². The zero-order chi connectivity index (χ0) is 10.6. The molecule has 1 amide bonds. The van der Waals surface area contributed by atoms with Crippen LogP contribution in [0.1, 0.15) is 31.9 Å². The predicted octanol–water partition coefficient (Wildman–Crippen LogP) is 3.04. The highest BCUT2D eigenvalue weighted by Crippen LogP contribution is 2.17. The van der Waals surface area contributed by atoms with Crippen LogP contribution >= 0.6 is 15.9 Å². The van der Waals surface area contributed by atoms with Crippen LogP contribution in [0, 0.1) is 0 Å². The van der Waals surface area contributed by atoms with Crippen LogP contribution in [0.25, 0.3) is 0 Å². The van der Waals surface area contributed by atoms with Gasteiger partial charge in [0.2, 0.25) is 5.91 Å². The zero-order valence-corrected chi connectivity index (χ0v) is 9.97. The third-order valence-electron chi connectivity index (χ3n) is 2.05. The predicted molar refractivity (Wildman–Crippen MR) is 61.0 cm³/mol. The minimum Gasteiger partial charge on any atom is -0.350 e. The second-order valence-corrected chi connectivity index (χ2v) is 4.11. The van der Waals surface area contributed by atoms with E-state index in [0.29, 0.717) is 6.42 Å². The molecule has 0 bridgehead atoms. The van der Waals surface area contributed by atoms with Crippen molar-refractivity contribution in [3.63, 3.8) is 0 Å². The molecule has 3 heteroatoms. The van der Waals surface area contributed by atoms with E-state index >= 15 is 0 Å². The van der Waals surface area contributed by atoms with Gasteiger partial charge in [-0.2, -0.15) is 0 Å². The molecule has 0 radical (unpaired) electrons. The van der Waals surface area contributed by atoms with Gasteiger partial charge in [-0.3, -0.25) is 4.79 Å². The van der Waals surface area contributed by atoms with Crippen molar-refractivity contribution in [2.24, 2.45) is 0 Å². The molecule has 14 heavy (non-hydrogen) atoms. The summed E-state index contributed by atoms with van der Waals surface area (Å²) in [6.07, 6.45) is 0.526. The molecule has 1 atom stereocenters. The standard InChI is InChI=1S/C11H14BrNO/c1-3-11(14)13-8(2)9-5-4-6-10(12)7-9/h4-8H,3H2,1-2H3,(H,13,14)/t8-/m1/s1. The summed E-state index contributed by atoms with van der Waals surface area (Å²) >= 11 is 3.40. The molecular formula is C11H14BrNO. The Hall–Kier alpha value is -0.830. The number of halogens is 1.